The molecular weight excluding hydrogens is 1020 g/mol. The van der Waals surface area contributed by atoms with E-state index < -0.39 is 151 Å². The Bertz CT molecular complexity index is 2570. The number of carbonyl (C=O) groups excluding carboxylic acids is 11. The van der Waals surface area contributed by atoms with Gasteiger partial charge in [-0.1, -0.05) is 45.9 Å². The highest BCUT2D eigenvalue weighted by atomic mass is 16.4. The van der Waals surface area contributed by atoms with Crippen LogP contribution in [0.15, 0.2) is 30.5 Å². The number of hydrogen-bond acceptors (Lipinski definition) is 14. The first-order valence-electron chi connectivity index (χ1n) is 25.8. The summed E-state index contributed by atoms with van der Waals surface area (Å²) in [5.41, 5.74) is 17.4. The maximum absolute atomic E-state index is 14.4. The number of aliphatic carboxylic acids is 2. The van der Waals surface area contributed by atoms with Gasteiger partial charge in [0.2, 0.25) is 65.0 Å². The lowest BCUT2D eigenvalue weighted by atomic mass is 9.99. The van der Waals surface area contributed by atoms with Gasteiger partial charge in [0.1, 0.15) is 42.3 Å². The van der Waals surface area contributed by atoms with Crippen molar-refractivity contribution in [2.45, 2.75) is 147 Å². The van der Waals surface area contributed by atoms with Gasteiger partial charge in [0, 0.05) is 49.5 Å². The zero-order valence-electron chi connectivity index (χ0n) is 44.1. The summed E-state index contributed by atoms with van der Waals surface area (Å²) in [4.78, 5) is 175. The number of primary amides is 2. The van der Waals surface area contributed by atoms with Crippen molar-refractivity contribution in [3.63, 3.8) is 0 Å². The fraction of sp³-hybridized carbons (Fsp3) is 0.580. The number of rotatable bonds is 30. The number of H-pyrrole nitrogens is 1. The number of amides is 11. The third-order valence-electron chi connectivity index (χ3n) is 13.2. The number of aromatic amines is 1. The van der Waals surface area contributed by atoms with Crippen molar-refractivity contribution in [3.8, 4) is 0 Å². The van der Waals surface area contributed by atoms with E-state index in [1.165, 1.54) is 9.80 Å². The summed E-state index contributed by atoms with van der Waals surface area (Å²) in [5.74, 6) is -12.7. The molecule has 4 rings (SSSR count). The first kappa shape index (κ1) is 62.4. The smallest absolute Gasteiger partial charge is 0.326 e. The normalized spacial score (nSPS) is 17.4. The first-order chi connectivity index (χ1) is 36.8. The van der Waals surface area contributed by atoms with Gasteiger partial charge in [-0.05, 0) is 68.4 Å². The number of nitrogens with two attached hydrogens (primary N) is 3. The van der Waals surface area contributed by atoms with E-state index in [0.717, 1.165) is 0 Å². The summed E-state index contributed by atoms with van der Waals surface area (Å²) in [6, 6.07) is -3.78. The first-order valence-corrected chi connectivity index (χ1v) is 25.8. The Hall–Kier alpha value is -8.17. The van der Waals surface area contributed by atoms with Gasteiger partial charge in [-0.25, -0.2) is 4.79 Å². The number of carboxylic acid groups (broad SMARTS) is 2. The molecule has 3 heterocycles. The summed E-state index contributed by atoms with van der Waals surface area (Å²) < 4.78 is 0. The van der Waals surface area contributed by atoms with E-state index in [0.29, 0.717) is 29.3 Å². The van der Waals surface area contributed by atoms with Gasteiger partial charge in [0.25, 0.3) is 0 Å². The molecule has 28 heteroatoms. The SMILES string of the molecule is CC(C)C[C@H](NC(=O)[C@H](Cc1c[nH]c2ccccc12)NC(=O)[C@H](CC(=O)O)NC(=O)CNC(=O)[C@@H]1CCCN1C(=O)[C@@H]1CCCN1C(=O)CNC(=O)[C@@H](N)CCC(N)=O)C(=O)N[C@@H](CCC(N)=O)C(=O)N[C@H](C(=O)O)C(C)C. The number of hydrogen-bond donors (Lipinski definition) is 13. The van der Waals surface area contributed by atoms with Crippen LogP contribution in [0.5, 0.6) is 0 Å². The van der Waals surface area contributed by atoms with Crippen molar-refractivity contribution in [2.24, 2.45) is 29.0 Å². The Morgan fingerprint density at radius 2 is 1.24 bits per heavy atom. The van der Waals surface area contributed by atoms with E-state index in [1.54, 1.807) is 58.2 Å². The Kier molecular flexibility index (Phi) is 23.5. The number of benzene rings is 1. The van der Waals surface area contributed by atoms with Crippen LogP contribution < -0.4 is 54.4 Å². The number of aromatic nitrogens is 1. The van der Waals surface area contributed by atoms with E-state index in [4.69, 9.17) is 17.2 Å². The summed E-state index contributed by atoms with van der Waals surface area (Å²) in [6.45, 7) is 5.64. The minimum absolute atomic E-state index is 0.0341. The second-order valence-corrected chi connectivity index (χ2v) is 20.2. The maximum Gasteiger partial charge on any atom is 0.326 e. The number of likely N-dealkylation sites (tertiary alicyclic amines) is 2. The summed E-state index contributed by atoms with van der Waals surface area (Å²) >= 11 is 0. The molecule has 0 bridgehead atoms. The second kappa shape index (κ2) is 29.4. The van der Waals surface area contributed by atoms with Gasteiger partial charge in [-0.3, -0.25) is 57.5 Å². The Balaban J connectivity index is 1.48. The second-order valence-electron chi connectivity index (χ2n) is 20.2. The van der Waals surface area contributed by atoms with Crippen LogP contribution in [-0.2, 0) is 68.7 Å². The van der Waals surface area contributed by atoms with Crippen LogP contribution in [-0.4, -0.2) is 176 Å². The van der Waals surface area contributed by atoms with E-state index >= 15 is 0 Å². The molecule has 1 aromatic heterocycles. The van der Waals surface area contributed by atoms with Crippen LogP contribution in [0.25, 0.3) is 10.9 Å². The molecule has 0 aliphatic carbocycles. The predicted octanol–water partition coefficient (Wildman–Crippen LogP) is -3.53. The lowest BCUT2D eigenvalue weighted by Crippen LogP contribution is -2.60. The molecule has 28 nitrogen and oxygen atoms in total. The molecule has 1 aromatic carbocycles. The fourth-order valence-corrected chi connectivity index (χ4v) is 9.13. The number of nitrogens with one attached hydrogen (secondary N) is 8. The molecule has 11 amide bonds. The van der Waals surface area contributed by atoms with Crippen LogP contribution in [0, 0.1) is 11.8 Å². The highest BCUT2D eigenvalue weighted by Gasteiger charge is 2.43. The lowest BCUT2D eigenvalue weighted by molar-refractivity contribution is -0.146. The third-order valence-corrected chi connectivity index (χ3v) is 13.2. The zero-order chi connectivity index (χ0) is 58.0. The molecule has 2 fully saturated rings. The monoisotopic (exact) mass is 1100 g/mol. The van der Waals surface area contributed by atoms with Crippen molar-refractivity contribution in [1.29, 1.82) is 0 Å². The van der Waals surface area contributed by atoms with Crippen LogP contribution >= 0.6 is 0 Å². The topological polar surface area (TPSA) is 447 Å². The highest BCUT2D eigenvalue weighted by molar-refractivity contribution is 5.99. The molecule has 428 valence electrons. The standard InChI is InChI=1S/C50H73N13O15/c1-25(2)19-32(45(72)58-31(14-16-38(53)65)44(71)61-42(26(3)4)50(77)78)59-46(73)33(20-27-22-54-30-10-6-5-9-28(27)30)60-47(74)34(21-41(68)69)57-39(66)23-55-48(75)35-11-7-18-63(35)49(76)36-12-8-17-62(36)40(67)24-56-43(70)29(51)13-15-37(52)64/h5-6,9-10,22,25-26,29,31-36,42,54H,7-8,11-21,23-24,51H2,1-4H3,(H2,52,64)(H2,53,65)(H,55,75)(H,56,70)(H,57,66)(H,58,72)(H,59,73)(H,60,74)(H,61,71)(H,68,69)(H,77,78)/t29-,31-,32-,33-,34-,35-,36-,42-/m0/s1. The molecule has 2 aromatic rings. The van der Waals surface area contributed by atoms with Crippen molar-refractivity contribution >= 4 is 87.8 Å². The number of fused-ring (bicyclic) bond motifs is 1. The number of para-hydroxylation sites is 1. The minimum Gasteiger partial charge on any atom is -0.481 e. The van der Waals surface area contributed by atoms with Crippen molar-refractivity contribution in [1.82, 2.24) is 52.0 Å². The molecule has 16 N–H and O–H groups in total. The van der Waals surface area contributed by atoms with Gasteiger partial charge in [0.15, 0.2) is 0 Å². The third kappa shape index (κ3) is 18.5. The van der Waals surface area contributed by atoms with Crippen LogP contribution in [0.2, 0.25) is 0 Å². The Labute approximate surface area is 449 Å². The van der Waals surface area contributed by atoms with Gasteiger partial charge >= 0.3 is 11.9 Å². The van der Waals surface area contributed by atoms with Gasteiger partial charge in [0.05, 0.1) is 25.6 Å². The average molecular weight is 1100 g/mol. The maximum atomic E-state index is 14.4. The van der Waals surface area contributed by atoms with E-state index in [-0.39, 0.29) is 70.4 Å². The molecule has 2 aliphatic heterocycles. The van der Waals surface area contributed by atoms with E-state index in [2.05, 4.69) is 42.2 Å². The quantitative estimate of drug-likeness (QED) is 0.0361. The van der Waals surface area contributed by atoms with Crippen molar-refractivity contribution < 1.29 is 72.5 Å². The molecule has 0 saturated carbocycles. The highest BCUT2D eigenvalue weighted by Crippen LogP contribution is 2.25. The summed E-state index contributed by atoms with van der Waals surface area (Å²) in [5, 5.41) is 37.3. The molecular formula is C50H73N13O15. The molecule has 0 spiro atoms. The van der Waals surface area contributed by atoms with Gasteiger partial charge < -0.3 is 79.4 Å². The minimum atomic E-state index is -1.84. The molecule has 8 atom stereocenters. The molecule has 0 radical (unpaired) electrons. The van der Waals surface area contributed by atoms with Crippen LogP contribution in [0.3, 0.4) is 0 Å². The largest absolute Gasteiger partial charge is 0.481 e. The lowest BCUT2D eigenvalue weighted by Gasteiger charge is -2.31. The van der Waals surface area contributed by atoms with E-state index in [9.17, 15) is 72.5 Å². The Morgan fingerprint density at radius 3 is 1.87 bits per heavy atom. The summed E-state index contributed by atoms with van der Waals surface area (Å²) in [7, 11) is 0. The van der Waals surface area contributed by atoms with E-state index in [1.807, 2.05) is 0 Å². The van der Waals surface area contributed by atoms with Gasteiger partial charge in [-0.2, -0.15) is 0 Å². The Morgan fingerprint density at radius 1 is 0.667 bits per heavy atom. The number of carboxylic acids is 2. The van der Waals surface area contributed by atoms with Crippen molar-refractivity contribution in [2.75, 3.05) is 26.2 Å². The van der Waals surface area contributed by atoms with Crippen LogP contribution in [0.4, 0.5) is 0 Å². The fourth-order valence-electron chi connectivity index (χ4n) is 9.13. The summed E-state index contributed by atoms with van der Waals surface area (Å²) in [6.07, 6.45) is 0.746. The van der Waals surface area contributed by atoms with Crippen molar-refractivity contribution in [3.05, 3.63) is 36.0 Å². The molecule has 2 saturated heterocycles. The zero-order valence-corrected chi connectivity index (χ0v) is 44.1. The molecule has 78 heavy (non-hydrogen) atoms. The molecule has 0 unspecified atom stereocenters. The molecule has 2 aliphatic rings. The number of carbonyl (C=O) groups is 13. The van der Waals surface area contributed by atoms with Crippen LogP contribution in [0.1, 0.15) is 97.5 Å². The predicted molar refractivity (Wildman–Crippen MR) is 276 cm³/mol. The number of nitrogens with zero attached hydrogens (tertiary/aromatic N) is 2. The van der Waals surface area contributed by atoms with Gasteiger partial charge in [-0.15, -0.1) is 0 Å². The average Bonchev–Trinajstić information content (AvgIpc) is 4.17.